The van der Waals surface area contributed by atoms with Crippen molar-refractivity contribution in [3.05, 3.63) is 72.2 Å². The summed E-state index contributed by atoms with van der Waals surface area (Å²) in [5.74, 6) is 0.0388. The van der Waals surface area contributed by atoms with Crippen molar-refractivity contribution in [1.29, 1.82) is 0 Å². The number of carbonyl (C=O) groups is 1. The molecule has 0 saturated carbocycles. The molecule has 92 valence electrons. The van der Waals surface area contributed by atoms with Crippen LogP contribution in [0.3, 0.4) is 0 Å². The number of carbonyl (C=O) groups excluding carboxylic acids is 1. The van der Waals surface area contributed by atoms with Crippen molar-refractivity contribution in [3.63, 3.8) is 0 Å². The van der Waals surface area contributed by atoms with Crippen molar-refractivity contribution in [2.45, 2.75) is 6.42 Å². The molecule has 19 heavy (non-hydrogen) atoms. The summed E-state index contributed by atoms with van der Waals surface area (Å²) >= 11 is 0. The van der Waals surface area contributed by atoms with Crippen LogP contribution >= 0.6 is 0 Å². The number of hydrogen-bond donors (Lipinski definition) is 0. The van der Waals surface area contributed by atoms with Gasteiger partial charge in [-0.1, -0.05) is 24.3 Å². The number of ketones is 1. The Labute approximate surface area is 111 Å². The van der Waals surface area contributed by atoms with Gasteiger partial charge in [-0.15, -0.1) is 0 Å². The number of aromatic nitrogens is 2. The fourth-order valence-electron chi connectivity index (χ4n) is 1.99. The van der Waals surface area contributed by atoms with Crippen LogP contribution in [0.5, 0.6) is 0 Å². The third-order valence-electron chi connectivity index (χ3n) is 2.98. The van der Waals surface area contributed by atoms with E-state index >= 15 is 0 Å². The summed E-state index contributed by atoms with van der Waals surface area (Å²) in [5.41, 5.74) is 2.31. The summed E-state index contributed by atoms with van der Waals surface area (Å²) in [4.78, 5) is 20.6. The Morgan fingerprint density at radius 2 is 1.84 bits per heavy atom. The maximum atomic E-state index is 12.2. The van der Waals surface area contributed by atoms with Crippen LogP contribution in [0.25, 0.3) is 10.9 Å². The molecular formula is C16H12N2O. The highest BCUT2D eigenvalue weighted by atomic mass is 16.1. The van der Waals surface area contributed by atoms with Gasteiger partial charge in [0.05, 0.1) is 11.9 Å². The highest BCUT2D eigenvalue weighted by molar-refractivity contribution is 5.99. The van der Waals surface area contributed by atoms with Crippen LogP contribution in [0.15, 0.2) is 60.9 Å². The Bertz CT molecular complexity index is 723. The molecule has 0 fully saturated rings. The van der Waals surface area contributed by atoms with Crippen molar-refractivity contribution in [2.75, 3.05) is 0 Å². The molecule has 0 aliphatic rings. The van der Waals surface area contributed by atoms with Gasteiger partial charge in [-0.05, 0) is 24.3 Å². The Balaban J connectivity index is 1.89. The lowest BCUT2D eigenvalue weighted by atomic mass is 10.1. The Morgan fingerprint density at radius 3 is 2.68 bits per heavy atom. The van der Waals surface area contributed by atoms with E-state index in [1.54, 1.807) is 12.4 Å². The van der Waals surface area contributed by atoms with Gasteiger partial charge in [-0.2, -0.15) is 0 Å². The lowest BCUT2D eigenvalue weighted by Crippen LogP contribution is -2.05. The SMILES string of the molecule is O=C(Cc1ccccn1)c1cnc2ccccc2c1. The second-order valence-electron chi connectivity index (χ2n) is 4.34. The highest BCUT2D eigenvalue weighted by Gasteiger charge is 2.09. The largest absolute Gasteiger partial charge is 0.294 e. The first kappa shape index (κ1) is 11.5. The molecular weight excluding hydrogens is 236 g/mol. The second-order valence-corrected chi connectivity index (χ2v) is 4.34. The van der Waals surface area contributed by atoms with Gasteiger partial charge in [0.25, 0.3) is 0 Å². The smallest absolute Gasteiger partial charge is 0.170 e. The predicted molar refractivity (Wildman–Crippen MR) is 74.0 cm³/mol. The second kappa shape index (κ2) is 4.98. The number of benzene rings is 1. The van der Waals surface area contributed by atoms with E-state index in [2.05, 4.69) is 9.97 Å². The lowest BCUT2D eigenvalue weighted by molar-refractivity contribution is 0.0992. The molecule has 3 aromatic rings. The number of para-hydroxylation sites is 1. The molecule has 3 nitrogen and oxygen atoms in total. The van der Waals surface area contributed by atoms with Crippen LogP contribution in [0.4, 0.5) is 0 Å². The van der Waals surface area contributed by atoms with Gasteiger partial charge < -0.3 is 0 Å². The van der Waals surface area contributed by atoms with Gasteiger partial charge in [0, 0.05) is 29.0 Å². The number of hydrogen-bond acceptors (Lipinski definition) is 3. The molecule has 1 aromatic carbocycles. The minimum Gasteiger partial charge on any atom is -0.294 e. The van der Waals surface area contributed by atoms with E-state index in [1.165, 1.54) is 0 Å². The Kier molecular flexibility index (Phi) is 3.02. The summed E-state index contributed by atoms with van der Waals surface area (Å²) in [6.45, 7) is 0. The van der Waals surface area contributed by atoms with Gasteiger partial charge in [0.1, 0.15) is 0 Å². The number of Topliss-reactive ketones (excluding diaryl/α,β-unsaturated/α-hetero) is 1. The summed E-state index contributed by atoms with van der Waals surface area (Å²) < 4.78 is 0. The Morgan fingerprint density at radius 1 is 1.00 bits per heavy atom. The average molecular weight is 248 g/mol. The standard InChI is InChI=1S/C16H12N2O/c19-16(10-14-6-3-4-8-17-14)13-9-12-5-1-2-7-15(12)18-11-13/h1-9,11H,10H2. The number of rotatable bonds is 3. The average Bonchev–Trinajstić information content (AvgIpc) is 2.48. The molecule has 3 heteroatoms. The van der Waals surface area contributed by atoms with Gasteiger partial charge in [0.15, 0.2) is 5.78 Å². The van der Waals surface area contributed by atoms with Crippen LogP contribution in [0.1, 0.15) is 16.1 Å². The molecule has 0 N–H and O–H groups in total. The van der Waals surface area contributed by atoms with Crippen molar-refractivity contribution in [1.82, 2.24) is 9.97 Å². The van der Waals surface area contributed by atoms with E-state index in [9.17, 15) is 4.79 Å². The number of nitrogens with zero attached hydrogens (tertiary/aromatic N) is 2. The van der Waals surface area contributed by atoms with E-state index < -0.39 is 0 Å². The first-order valence-corrected chi connectivity index (χ1v) is 6.11. The van der Waals surface area contributed by atoms with Crippen LogP contribution in [-0.2, 0) is 6.42 Å². The normalized spacial score (nSPS) is 10.5. The quantitative estimate of drug-likeness (QED) is 0.669. The van der Waals surface area contributed by atoms with Crippen molar-refractivity contribution < 1.29 is 4.79 Å². The van der Waals surface area contributed by atoms with E-state index in [4.69, 9.17) is 0 Å². The highest BCUT2D eigenvalue weighted by Crippen LogP contribution is 2.14. The van der Waals surface area contributed by atoms with Crippen LogP contribution in [0.2, 0.25) is 0 Å². The molecule has 3 rings (SSSR count). The molecule has 0 spiro atoms. The first-order valence-electron chi connectivity index (χ1n) is 6.11. The van der Waals surface area contributed by atoms with Gasteiger partial charge >= 0.3 is 0 Å². The number of pyridine rings is 2. The topological polar surface area (TPSA) is 42.9 Å². The molecule has 0 radical (unpaired) electrons. The van der Waals surface area contributed by atoms with Crippen molar-refractivity contribution >= 4 is 16.7 Å². The third kappa shape index (κ3) is 2.50. The molecule has 0 bridgehead atoms. The number of fused-ring (bicyclic) bond motifs is 1. The van der Waals surface area contributed by atoms with Crippen LogP contribution in [0, 0.1) is 0 Å². The summed E-state index contributed by atoms with van der Waals surface area (Å²) in [6.07, 6.45) is 3.63. The Hall–Kier alpha value is -2.55. The molecule has 2 aromatic heterocycles. The minimum atomic E-state index is 0.0388. The zero-order chi connectivity index (χ0) is 13.1. The molecule has 0 atom stereocenters. The zero-order valence-corrected chi connectivity index (χ0v) is 10.3. The summed E-state index contributed by atoms with van der Waals surface area (Å²) in [7, 11) is 0. The van der Waals surface area contributed by atoms with Crippen molar-refractivity contribution in [3.8, 4) is 0 Å². The minimum absolute atomic E-state index is 0.0388. The van der Waals surface area contributed by atoms with E-state index in [0.29, 0.717) is 12.0 Å². The van der Waals surface area contributed by atoms with Gasteiger partial charge in [0.2, 0.25) is 0 Å². The van der Waals surface area contributed by atoms with Crippen molar-refractivity contribution in [2.24, 2.45) is 0 Å². The first-order chi connectivity index (χ1) is 9.33. The molecule has 0 aliphatic heterocycles. The maximum absolute atomic E-state index is 12.2. The fraction of sp³-hybridized carbons (Fsp3) is 0.0625. The summed E-state index contributed by atoms with van der Waals surface area (Å²) in [5, 5.41) is 0.981. The van der Waals surface area contributed by atoms with E-state index in [0.717, 1.165) is 16.6 Å². The molecule has 0 saturated heterocycles. The zero-order valence-electron chi connectivity index (χ0n) is 10.3. The van der Waals surface area contributed by atoms with Gasteiger partial charge in [-0.25, -0.2) is 0 Å². The monoisotopic (exact) mass is 248 g/mol. The molecule has 0 aliphatic carbocycles. The lowest BCUT2D eigenvalue weighted by Gasteiger charge is -2.02. The summed E-state index contributed by atoms with van der Waals surface area (Å²) in [6, 6.07) is 15.2. The predicted octanol–water partition coefficient (Wildman–Crippen LogP) is 3.06. The maximum Gasteiger partial charge on any atom is 0.170 e. The third-order valence-corrected chi connectivity index (χ3v) is 2.98. The molecule has 0 amide bonds. The van der Waals surface area contributed by atoms with Gasteiger partial charge in [-0.3, -0.25) is 14.8 Å². The van der Waals surface area contributed by atoms with E-state index in [1.807, 2.05) is 48.5 Å². The van der Waals surface area contributed by atoms with Crippen LogP contribution < -0.4 is 0 Å². The molecule has 0 unspecified atom stereocenters. The van der Waals surface area contributed by atoms with E-state index in [-0.39, 0.29) is 5.78 Å². The van der Waals surface area contributed by atoms with Crippen LogP contribution in [-0.4, -0.2) is 15.8 Å². The fourth-order valence-corrected chi connectivity index (χ4v) is 1.99. The molecule has 2 heterocycles.